The van der Waals surface area contributed by atoms with Gasteiger partial charge in [-0.3, -0.25) is 14.9 Å². The number of hydrogen-bond acceptors (Lipinski definition) is 4. The van der Waals surface area contributed by atoms with Crippen LogP contribution in [0.3, 0.4) is 0 Å². The highest BCUT2D eigenvalue weighted by molar-refractivity contribution is 5.82. The molecule has 1 atom stereocenters. The Morgan fingerprint density at radius 1 is 1.39 bits per heavy atom. The molecule has 0 heterocycles. The molecule has 5 nitrogen and oxygen atoms in total. The topological polar surface area (TPSA) is 69.4 Å². The Labute approximate surface area is 105 Å². The predicted molar refractivity (Wildman–Crippen MR) is 65.6 cm³/mol. The van der Waals surface area contributed by atoms with Gasteiger partial charge in [-0.2, -0.15) is 0 Å². The summed E-state index contributed by atoms with van der Waals surface area (Å²) in [6.07, 6.45) is 3.18. The van der Waals surface area contributed by atoms with Crippen molar-refractivity contribution in [2.45, 2.75) is 25.7 Å². The number of rotatable bonds is 5. The molecule has 0 amide bonds. The van der Waals surface area contributed by atoms with Crippen LogP contribution in [0, 0.1) is 16.0 Å². The summed E-state index contributed by atoms with van der Waals surface area (Å²) in [5, 5.41) is 10.8. The number of carbonyl (C=O) groups is 1. The first-order chi connectivity index (χ1) is 8.68. The maximum absolute atomic E-state index is 11.4. The van der Waals surface area contributed by atoms with Crippen LogP contribution < -0.4 is 4.74 Å². The van der Waals surface area contributed by atoms with E-state index in [0.29, 0.717) is 25.2 Å². The van der Waals surface area contributed by atoms with Crippen molar-refractivity contribution in [1.29, 1.82) is 0 Å². The van der Waals surface area contributed by atoms with E-state index in [1.165, 1.54) is 6.07 Å². The van der Waals surface area contributed by atoms with Gasteiger partial charge in [-0.05, 0) is 25.3 Å². The number of hydrogen-bond donors (Lipinski definition) is 0. The number of Topliss-reactive ketones (excluding diaryl/α,β-unsaturated/α-hetero) is 1. The number of ketones is 1. The Hall–Kier alpha value is -1.91. The van der Waals surface area contributed by atoms with E-state index in [-0.39, 0.29) is 17.4 Å². The van der Waals surface area contributed by atoms with Gasteiger partial charge in [0.2, 0.25) is 0 Å². The third kappa shape index (κ3) is 2.85. The molecule has 5 heteroatoms. The van der Waals surface area contributed by atoms with E-state index in [0.717, 1.165) is 12.8 Å². The molecule has 2 rings (SSSR count). The van der Waals surface area contributed by atoms with Crippen LogP contribution in [0.5, 0.6) is 5.75 Å². The highest BCUT2D eigenvalue weighted by Crippen LogP contribution is 2.28. The van der Waals surface area contributed by atoms with Crippen LogP contribution in [0.15, 0.2) is 24.3 Å². The molecule has 1 fully saturated rings. The maximum atomic E-state index is 11.4. The van der Waals surface area contributed by atoms with Crippen molar-refractivity contribution in [3.8, 4) is 5.75 Å². The summed E-state index contributed by atoms with van der Waals surface area (Å²) in [5.41, 5.74) is -0.0322. The fraction of sp³-hybridized carbons (Fsp3) is 0.462. The fourth-order valence-corrected chi connectivity index (χ4v) is 2.23. The molecule has 0 bridgehead atoms. The lowest BCUT2D eigenvalue weighted by atomic mass is 10.0. The first kappa shape index (κ1) is 12.5. The van der Waals surface area contributed by atoms with Crippen molar-refractivity contribution >= 4 is 11.5 Å². The Morgan fingerprint density at radius 3 is 2.83 bits per heavy atom. The lowest BCUT2D eigenvalue weighted by Crippen LogP contribution is -2.11. The number of nitro benzene ring substituents is 1. The molecule has 0 aromatic heterocycles. The largest absolute Gasteiger partial charge is 0.487 e. The number of carbonyl (C=O) groups excluding carboxylic acids is 1. The van der Waals surface area contributed by atoms with E-state index in [9.17, 15) is 14.9 Å². The zero-order valence-corrected chi connectivity index (χ0v) is 10.0. The minimum absolute atomic E-state index is 0.0322. The van der Waals surface area contributed by atoms with E-state index < -0.39 is 4.92 Å². The third-order valence-electron chi connectivity index (χ3n) is 3.22. The summed E-state index contributed by atoms with van der Waals surface area (Å²) in [4.78, 5) is 21.7. The molecule has 0 spiro atoms. The molecule has 1 unspecified atom stereocenters. The normalized spacial score (nSPS) is 18.9. The SMILES string of the molecule is O=C1CCCC1CCOc1ccccc1[N+](=O)[O-]. The van der Waals surface area contributed by atoms with Crippen LogP contribution in [0.1, 0.15) is 25.7 Å². The van der Waals surface area contributed by atoms with Crippen molar-refractivity contribution in [1.82, 2.24) is 0 Å². The Bertz CT molecular complexity index is 458. The summed E-state index contributed by atoms with van der Waals surface area (Å²) in [7, 11) is 0. The van der Waals surface area contributed by atoms with Crippen molar-refractivity contribution in [2.24, 2.45) is 5.92 Å². The minimum atomic E-state index is -0.462. The zero-order valence-electron chi connectivity index (χ0n) is 10.0. The van der Waals surface area contributed by atoms with Crippen LogP contribution in [0.4, 0.5) is 5.69 Å². The highest BCUT2D eigenvalue weighted by Gasteiger charge is 2.24. The Kier molecular flexibility index (Phi) is 3.92. The summed E-state index contributed by atoms with van der Waals surface area (Å²) >= 11 is 0. The molecule has 1 aliphatic carbocycles. The molecule has 1 aliphatic rings. The Morgan fingerprint density at radius 2 is 2.17 bits per heavy atom. The first-order valence-electron chi connectivity index (χ1n) is 6.07. The van der Waals surface area contributed by atoms with Gasteiger partial charge < -0.3 is 4.74 Å². The quantitative estimate of drug-likeness (QED) is 0.594. The van der Waals surface area contributed by atoms with Crippen molar-refractivity contribution < 1.29 is 14.5 Å². The van der Waals surface area contributed by atoms with Gasteiger partial charge in [0.05, 0.1) is 11.5 Å². The van der Waals surface area contributed by atoms with Gasteiger partial charge in [0, 0.05) is 18.4 Å². The number of nitrogens with zero attached hydrogens (tertiary/aromatic N) is 1. The van der Waals surface area contributed by atoms with E-state index in [4.69, 9.17) is 4.74 Å². The standard InChI is InChI=1S/C13H15NO4/c15-12-6-3-4-10(12)8-9-18-13-7-2-1-5-11(13)14(16)17/h1-2,5,7,10H,3-4,6,8-9H2. The molecule has 0 radical (unpaired) electrons. The van der Waals surface area contributed by atoms with Crippen LogP contribution in [-0.4, -0.2) is 17.3 Å². The first-order valence-corrected chi connectivity index (χ1v) is 6.07. The van der Waals surface area contributed by atoms with E-state index in [1.54, 1.807) is 18.2 Å². The van der Waals surface area contributed by atoms with Crippen molar-refractivity contribution in [3.63, 3.8) is 0 Å². The van der Waals surface area contributed by atoms with Crippen LogP contribution in [0.2, 0.25) is 0 Å². The zero-order chi connectivity index (χ0) is 13.0. The van der Waals surface area contributed by atoms with Crippen LogP contribution in [-0.2, 0) is 4.79 Å². The van der Waals surface area contributed by atoms with Gasteiger partial charge in [-0.15, -0.1) is 0 Å². The number of nitro groups is 1. The molecule has 18 heavy (non-hydrogen) atoms. The fourth-order valence-electron chi connectivity index (χ4n) is 2.23. The summed E-state index contributed by atoms with van der Waals surface area (Å²) in [6.45, 7) is 0.348. The van der Waals surface area contributed by atoms with Crippen molar-refractivity contribution in [2.75, 3.05) is 6.61 Å². The van der Waals surface area contributed by atoms with Crippen LogP contribution in [0.25, 0.3) is 0 Å². The molecular weight excluding hydrogens is 234 g/mol. The Balaban J connectivity index is 1.90. The molecule has 1 aromatic carbocycles. The smallest absolute Gasteiger partial charge is 0.310 e. The summed E-state index contributed by atoms with van der Waals surface area (Å²) in [6, 6.07) is 6.29. The number of para-hydroxylation sites is 2. The maximum Gasteiger partial charge on any atom is 0.310 e. The average Bonchev–Trinajstić information content (AvgIpc) is 2.76. The molecular formula is C13H15NO4. The second kappa shape index (κ2) is 5.62. The molecule has 96 valence electrons. The monoisotopic (exact) mass is 249 g/mol. The average molecular weight is 249 g/mol. The van der Waals surface area contributed by atoms with E-state index in [1.807, 2.05) is 0 Å². The van der Waals surface area contributed by atoms with Gasteiger partial charge in [0.15, 0.2) is 5.75 Å². The van der Waals surface area contributed by atoms with Crippen molar-refractivity contribution in [3.05, 3.63) is 34.4 Å². The van der Waals surface area contributed by atoms with Gasteiger partial charge >= 0.3 is 5.69 Å². The molecule has 1 saturated carbocycles. The predicted octanol–water partition coefficient (Wildman–Crippen LogP) is 2.73. The number of ether oxygens (including phenoxy) is 1. The lowest BCUT2D eigenvalue weighted by Gasteiger charge is -2.09. The molecule has 0 saturated heterocycles. The second-order valence-electron chi connectivity index (χ2n) is 4.42. The van der Waals surface area contributed by atoms with Gasteiger partial charge in [0.25, 0.3) is 0 Å². The molecule has 0 N–H and O–H groups in total. The second-order valence-corrected chi connectivity index (χ2v) is 4.42. The third-order valence-corrected chi connectivity index (χ3v) is 3.22. The molecule has 1 aromatic rings. The number of benzene rings is 1. The van der Waals surface area contributed by atoms with Gasteiger partial charge in [0.1, 0.15) is 5.78 Å². The van der Waals surface area contributed by atoms with E-state index >= 15 is 0 Å². The minimum Gasteiger partial charge on any atom is -0.487 e. The summed E-state index contributed by atoms with van der Waals surface area (Å²) in [5.74, 6) is 0.641. The van der Waals surface area contributed by atoms with Gasteiger partial charge in [-0.1, -0.05) is 12.1 Å². The van der Waals surface area contributed by atoms with E-state index in [2.05, 4.69) is 0 Å². The lowest BCUT2D eigenvalue weighted by molar-refractivity contribution is -0.385. The summed E-state index contributed by atoms with van der Waals surface area (Å²) < 4.78 is 5.41. The molecule has 0 aliphatic heterocycles. The van der Waals surface area contributed by atoms with Gasteiger partial charge in [-0.25, -0.2) is 0 Å². The highest BCUT2D eigenvalue weighted by atomic mass is 16.6. The van der Waals surface area contributed by atoms with Crippen LogP contribution >= 0.6 is 0 Å².